The summed E-state index contributed by atoms with van der Waals surface area (Å²) in [6, 6.07) is 0. The molecular formula is C11H27N3O2S. The lowest BCUT2D eigenvalue weighted by Crippen LogP contribution is -2.55. The van der Waals surface area contributed by atoms with Crippen molar-refractivity contribution in [2.24, 2.45) is 17.6 Å². The fraction of sp³-hybridized carbons (Fsp3) is 1.00. The lowest BCUT2D eigenvalue weighted by Gasteiger charge is -2.30. The highest BCUT2D eigenvalue weighted by molar-refractivity contribution is 7.87. The predicted molar refractivity (Wildman–Crippen MR) is 71.8 cm³/mol. The average molecular weight is 265 g/mol. The van der Waals surface area contributed by atoms with E-state index >= 15 is 0 Å². The fourth-order valence-electron chi connectivity index (χ4n) is 1.70. The van der Waals surface area contributed by atoms with Gasteiger partial charge in [0.25, 0.3) is 10.2 Å². The van der Waals surface area contributed by atoms with E-state index in [1.54, 1.807) is 0 Å². The molecule has 0 saturated heterocycles. The van der Waals surface area contributed by atoms with Crippen LogP contribution in [0.3, 0.4) is 0 Å². The van der Waals surface area contributed by atoms with Gasteiger partial charge in [-0.25, -0.2) is 4.72 Å². The van der Waals surface area contributed by atoms with Crippen LogP contribution in [-0.2, 0) is 10.2 Å². The van der Waals surface area contributed by atoms with Crippen LogP contribution in [0, 0.1) is 11.8 Å². The van der Waals surface area contributed by atoms with Gasteiger partial charge in [-0.2, -0.15) is 13.1 Å². The van der Waals surface area contributed by atoms with Gasteiger partial charge in [0.15, 0.2) is 0 Å². The van der Waals surface area contributed by atoms with Gasteiger partial charge < -0.3 is 5.73 Å². The summed E-state index contributed by atoms with van der Waals surface area (Å²) in [4.78, 5) is 0. The second-order valence-corrected chi connectivity index (χ2v) is 7.21. The average Bonchev–Trinajstić information content (AvgIpc) is 2.13. The Labute approximate surface area is 106 Å². The highest BCUT2D eigenvalue weighted by Crippen LogP contribution is 2.15. The van der Waals surface area contributed by atoms with Crippen LogP contribution >= 0.6 is 0 Å². The van der Waals surface area contributed by atoms with Crippen molar-refractivity contribution in [2.45, 2.75) is 46.6 Å². The summed E-state index contributed by atoms with van der Waals surface area (Å²) < 4.78 is 28.8. The molecule has 4 N–H and O–H groups in total. The van der Waals surface area contributed by atoms with Gasteiger partial charge in [-0.3, -0.25) is 0 Å². The molecule has 5 nitrogen and oxygen atoms in total. The second kappa shape index (κ2) is 6.68. The third kappa shape index (κ3) is 7.70. The van der Waals surface area contributed by atoms with Gasteiger partial charge in [-0.1, -0.05) is 27.7 Å². The quantitative estimate of drug-likeness (QED) is 0.608. The number of hydrogen-bond acceptors (Lipinski definition) is 3. The van der Waals surface area contributed by atoms with Crippen molar-refractivity contribution in [1.29, 1.82) is 0 Å². The van der Waals surface area contributed by atoms with Crippen LogP contribution in [0.15, 0.2) is 0 Å². The Bertz CT molecular complexity index is 315. The van der Waals surface area contributed by atoms with E-state index in [4.69, 9.17) is 5.73 Å². The highest BCUT2D eigenvalue weighted by atomic mass is 32.2. The van der Waals surface area contributed by atoms with E-state index in [0.717, 1.165) is 0 Å². The number of nitrogens with one attached hydrogen (secondary N) is 2. The Morgan fingerprint density at radius 3 is 2.06 bits per heavy atom. The van der Waals surface area contributed by atoms with Crippen LogP contribution in [0.25, 0.3) is 0 Å². The zero-order valence-electron chi connectivity index (χ0n) is 11.6. The molecular weight excluding hydrogens is 238 g/mol. The Hall–Kier alpha value is -0.170. The molecule has 104 valence electrons. The van der Waals surface area contributed by atoms with E-state index in [1.807, 2.05) is 34.6 Å². The molecule has 0 amide bonds. The summed E-state index contributed by atoms with van der Waals surface area (Å²) in [5, 5.41) is 0. The summed E-state index contributed by atoms with van der Waals surface area (Å²) in [5.41, 5.74) is 5.08. The Kier molecular flexibility index (Phi) is 6.61. The molecule has 1 atom stereocenters. The minimum absolute atomic E-state index is 0.279. The minimum Gasteiger partial charge on any atom is -0.329 e. The van der Waals surface area contributed by atoms with Crippen molar-refractivity contribution in [1.82, 2.24) is 9.44 Å². The first-order valence-corrected chi connectivity index (χ1v) is 7.57. The number of nitrogens with two attached hydrogens (primary N) is 1. The maximum absolute atomic E-state index is 11.8. The van der Waals surface area contributed by atoms with Crippen LogP contribution in [0.5, 0.6) is 0 Å². The number of rotatable bonds is 8. The molecule has 0 rings (SSSR count). The van der Waals surface area contributed by atoms with Crippen LogP contribution in [0.4, 0.5) is 0 Å². The first kappa shape index (κ1) is 16.8. The molecule has 0 radical (unpaired) electrons. The van der Waals surface area contributed by atoms with Gasteiger partial charge in [-0.05, 0) is 25.2 Å². The van der Waals surface area contributed by atoms with Crippen molar-refractivity contribution in [2.75, 3.05) is 13.1 Å². The Morgan fingerprint density at radius 2 is 1.71 bits per heavy atom. The summed E-state index contributed by atoms with van der Waals surface area (Å²) in [6.07, 6.45) is 0.714. The summed E-state index contributed by atoms with van der Waals surface area (Å²) in [6.45, 7) is 10.6. The maximum Gasteiger partial charge on any atom is 0.277 e. The van der Waals surface area contributed by atoms with Crippen molar-refractivity contribution >= 4 is 10.2 Å². The molecule has 0 saturated carbocycles. The van der Waals surface area contributed by atoms with Gasteiger partial charge in [-0.15, -0.1) is 0 Å². The molecule has 0 aliphatic rings. The molecule has 1 unspecified atom stereocenters. The minimum atomic E-state index is -3.47. The fourth-order valence-corrected chi connectivity index (χ4v) is 3.14. The highest BCUT2D eigenvalue weighted by Gasteiger charge is 2.29. The smallest absolute Gasteiger partial charge is 0.277 e. The molecule has 0 fully saturated rings. The summed E-state index contributed by atoms with van der Waals surface area (Å²) in [5.74, 6) is 0.664. The van der Waals surface area contributed by atoms with E-state index in [9.17, 15) is 8.42 Å². The summed E-state index contributed by atoms with van der Waals surface area (Å²) in [7, 11) is -3.47. The SMILES string of the molecule is CC(C)CNS(=O)(=O)NC(C)(CN)CC(C)C. The molecule has 0 aromatic rings. The molecule has 0 aromatic heterocycles. The van der Waals surface area contributed by atoms with E-state index in [-0.39, 0.29) is 12.5 Å². The van der Waals surface area contributed by atoms with Gasteiger partial charge in [0, 0.05) is 18.6 Å². The predicted octanol–water partition coefficient (Wildman–Crippen LogP) is 0.830. The number of hydrogen-bond donors (Lipinski definition) is 3. The van der Waals surface area contributed by atoms with Crippen LogP contribution in [-0.4, -0.2) is 27.0 Å². The molecule has 6 heteroatoms. The molecule has 0 spiro atoms. The van der Waals surface area contributed by atoms with E-state index < -0.39 is 15.7 Å². The zero-order chi connectivity index (χ0) is 13.7. The van der Waals surface area contributed by atoms with E-state index in [2.05, 4.69) is 9.44 Å². The van der Waals surface area contributed by atoms with Crippen molar-refractivity contribution in [3.63, 3.8) is 0 Å². The standard InChI is InChI=1S/C11H27N3O2S/c1-9(2)6-11(5,8-12)14-17(15,16)13-7-10(3)4/h9-10,13-14H,6-8,12H2,1-5H3. The van der Waals surface area contributed by atoms with Gasteiger partial charge in [0.05, 0.1) is 0 Å². The topological polar surface area (TPSA) is 84.2 Å². The normalized spacial score (nSPS) is 16.5. The summed E-state index contributed by atoms with van der Waals surface area (Å²) >= 11 is 0. The first-order valence-electron chi connectivity index (χ1n) is 6.09. The molecule has 0 aliphatic carbocycles. The van der Waals surface area contributed by atoms with Gasteiger partial charge in [0.2, 0.25) is 0 Å². The van der Waals surface area contributed by atoms with Crippen LogP contribution in [0.2, 0.25) is 0 Å². The van der Waals surface area contributed by atoms with Crippen LogP contribution < -0.4 is 15.2 Å². The lowest BCUT2D eigenvalue weighted by atomic mass is 9.92. The third-order valence-electron chi connectivity index (χ3n) is 2.37. The van der Waals surface area contributed by atoms with Crippen molar-refractivity contribution < 1.29 is 8.42 Å². The first-order chi connectivity index (χ1) is 7.60. The van der Waals surface area contributed by atoms with E-state index in [1.165, 1.54) is 0 Å². The van der Waals surface area contributed by atoms with Crippen molar-refractivity contribution in [3.8, 4) is 0 Å². The lowest BCUT2D eigenvalue weighted by molar-refractivity contribution is 0.342. The largest absolute Gasteiger partial charge is 0.329 e. The maximum atomic E-state index is 11.8. The van der Waals surface area contributed by atoms with Crippen LogP contribution in [0.1, 0.15) is 41.0 Å². The third-order valence-corrected chi connectivity index (χ3v) is 3.68. The molecule has 17 heavy (non-hydrogen) atoms. The Morgan fingerprint density at radius 1 is 1.18 bits per heavy atom. The van der Waals surface area contributed by atoms with Gasteiger partial charge >= 0.3 is 0 Å². The Balaban J connectivity index is 4.54. The van der Waals surface area contributed by atoms with Crippen molar-refractivity contribution in [3.05, 3.63) is 0 Å². The monoisotopic (exact) mass is 265 g/mol. The van der Waals surface area contributed by atoms with E-state index in [0.29, 0.717) is 18.9 Å². The molecule has 0 aliphatic heterocycles. The molecule has 0 aromatic carbocycles. The molecule has 0 bridgehead atoms. The molecule has 0 heterocycles. The van der Waals surface area contributed by atoms with Gasteiger partial charge in [0.1, 0.15) is 0 Å². The second-order valence-electron chi connectivity index (χ2n) is 5.71. The zero-order valence-corrected chi connectivity index (χ0v) is 12.4.